The number of rotatable bonds is 0. The van der Waals surface area contributed by atoms with Gasteiger partial charge in [0.05, 0.1) is 11.8 Å². The molecule has 0 aromatic carbocycles. The zero-order chi connectivity index (χ0) is 11.0. The van der Waals surface area contributed by atoms with Gasteiger partial charge in [-0.3, -0.25) is 9.59 Å². The first-order valence-electron chi connectivity index (χ1n) is 5.80. The Morgan fingerprint density at radius 3 is 2.25 bits per heavy atom. The molecule has 5 rings (SSSR count). The lowest BCUT2D eigenvalue weighted by molar-refractivity contribution is -0.154. The van der Waals surface area contributed by atoms with E-state index in [1.807, 2.05) is 0 Å². The van der Waals surface area contributed by atoms with E-state index in [1.165, 1.54) is 5.57 Å². The summed E-state index contributed by atoms with van der Waals surface area (Å²) < 4.78 is 4.81. The van der Waals surface area contributed by atoms with E-state index < -0.39 is 0 Å². The van der Waals surface area contributed by atoms with Crippen LogP contribution in [0, 0.1) is 35.5 Å². The first-order valence-corrected chi connectivity index (χ1v) is 5.80. The summed E-state index contributed by atoms with van der Waals surface area (Å²) in [5, 5.41) is 0. The average molecular weight is 216 g/mol. The second kappa shape index (κ2) is 2.47. The molecule has 0 radical (unpaired) electrons. The lowest BCUT2D eigenvalue weighted by Gasteiger charge is -2.53. The Kier molecular flexibility index (Phi) is 1.35. The number of carbonyl (C=O) groups excluding carboxylic acids is 2. The number of allylic oxidation sites excluding steroid dienone is 4. The average Bonchev–Trinajstić information content (AvgIpc) is 2.54. The zero-order valence-corrected chi connectivity index (χ0v) is 8.92. The molecule has 0 aromatic heterocycles. The second-order valence-electron chi connectivity index (χ2n) is 5.35. The van der Waals surface area contributed by atoms with Crippen molar-refractivity contribution in [1.29, 1.82) is 0 Å². The van der Waals surface area contributed by atoms with Crippen LogP contribution >= 0.6 is 0 Å². The summed E-state index contributed by atoms with van der Waals surface area (Å²) >= 11 is 0. The van der Waals surface area contributed by atoms with Crippen molar-refractivity contribution in [3.63, 3.8) is 0 Å². The molecule has 0 spiro atoms. The van der Waals surface area contributed by atoms with E-state index in [0.717, 1.165) is 0 Å². The van der Waals surface area contributed by atoms with Crippen LogP contribution in [0.5, 0.6) is 0 Å². The number of hydrogen-bond donors (Lipinski definition) is 0. The first-order chi connectivity index (χ1) is 7.68. The van der Waals surface area contributed by atoms with Gasteiger partial charge in [-0.05, 0) is 30.6 Å². The van der Waals surface area contributed by atoms with E-state index in [0.29, 0.717) is 11.8 Å². The molecule has 1 saturated carbocycles. The summed E-state index contributed by atoms with van der Waals surface area (Å²) in [5.74, 6) is 0.342. The molecular weight excluding hydrogens is 204 g/mol. The Morgan fingerprint density at radius 1 is 0.938 bits per heavy atom. The van der Waals surface area contributed by atoms with Gasteiger partial charge in [0.2, 0.25) is 0 Å². The minimum atomic E-state index is -0.300. The molecule has 0 N–H and O–H groups in total. The van der Waals surface area contributed by atoms with Crippen LogP contribution in [-0.4, -0.2) is 11.9 Å². The SMILES string of the molecule is CC1=C[C@@H]2[C@H]3C=C[C@@H]([C@H]12)[C@H]1C(=O)OC(=O)[C@@H]31. The number of carbonyl (C=O) groups is 2. The molecule has 2 bridgehead atoms. The Bertz CT molecular complexity index is 474. The number of ether oxygens (including phenoxy) is 1. The van der Waals surface area contributed by atoms with E-state index in [1.54, 1.807) is 0 Å². The maximum absolute atomic E-state index is 11.7. The van der Waals surface area contributed by atoms with Gasteiger partial charge in [-0.2, -0.15) is 0 Å². The van der Waals surface area contributed by atoms with Gasteiger partial charge in [-0.25, -0.2) is 0 Å². The highest BCUT2D eigenvalue weighted by atomic mass is 16.6. The molecule has 1 saturated heterocycles. The normalized spacial score (nSPS) is 51.7. The highest BCUT2D eigenvalue weighted by Crippen LogP contribution is 2.60. The van der Waals surface area contributed by atoms with Gasteiger partial charge in [0.1, 0.15) is 0 Å². The number of hydrogen-bond acceptors (Lipinski definition) is 3. The fourth-order valence-corrected chi connectivity index (χ4v) is 4.14. The molecule has 5 aliphatic rings. The van der Waals surface area contributed by atoms with Crippen LogP contribution in [0.25, 0.3) is 0 Å². The summed E-state index contributed by atoms with van der Waals surface area (Å²) in [7, 11) is 0. The molecule has 16 heavy (non-hydrogen) atoms. The molecule has 0 unspecified atom stereocenters. The maximum atomic E-state index is 11.7. The van der Waals surface area contributed by atoms with E-state index in [-0.39, 0.29) is 35.6 Å². The lowest BCUT2D eigenvalue weighted by Crippen LogP contribution is -2.52. The van der Waals surface area contributed by atoms with Crippen molar-refractivity contribution < 1.29 is 14.3 Å². The molecule has 82 valence electrons. The van der Waals surface area contributed by atoms with Gasteiger partial charge in [0.25, 0.3) is 0 Å². The van der Waals surface area contributed by atoms with E-state index in [2.05, 4.69) is 25.2 Å². The number of esters is 2. The summed E-state index contributed by atoms with van der Waals surface area (Å²) in [6, 6.07) is 0. The van der Waals surface area contributed by atoms with Crippen molar-refractivity contribution in [3.05, 3.63) is 23.8 Å². The minimum Gasteiger partial charge on any atom is -0.393 e. The third kappa shape index (κ3) is 0.751. The van der Waals surface area contributed by atoms with Gasteiger partial charge >= 0.3 is 11.9 Å². The number of cyclic esters (lactones) is 2. The van der Waals surface area contributed by atoms with Crippen LogP contribution in [0.1, 0.15) is 6.92 Å². The van der Waals surface area contributed by atoms with Crippen molar-refractivity contribution in [2.45, 2.75) is 6.92 Å². The molecule has 3 heteroatoms. The Hall–Kier alpha value is -1.38. The minimum absolute atomic E-state index is 0.197. The highest BCUT2D eigenvalue weighted by molar-refractivity contribution is 5.97. The van der Waals surface area contributed by atoms with Crippen LogP contribution < -0.4 is 0 Å². The lowest BCUT2D eigenvalue weighted by atomic mass is 9.48. The van der Waals surface area contributed by atoms with Crippen LogP contribution in [0.3, 0.4) is 0 Å². The van der Waals surface area contributed by atoms with Crippen LogP contribution in [0.4, 0.5) is 0 Å². The topological polar surface area (TPSA) is 43.4 Å². The van der Waals surface area contributed by atoms with Crippen LogP contribution in [0.15, 0.2) is 23.8 Å². The van der Waals surface area contributed by atoms with Gasteiger partial charge in [-0.15, -0.1) is 0 Å². The first kappa shape index (κ1) is 8.74. The predicted octanol–water partition coefficient (Wildman–Crippen LogP) is 1.31. The van der Waals surface area contributed by atoms with Gasteiger partial charge in [0, 0.05) is 0 Å². The summed E-state index contributed by atoms with van der Waals surface area (Å²) in [6.07, 6.45) is 6.50. The van der Waals surface area contributed by atoms with Gasteiger partial charge in [-0.1, -0.05) is 23.8 Å². The monoisotopic (exact) mass is 216 g/mol. The second-order valence-corrected chi connectivity index (χ2v) is 5.35. The molecule has 4 aliphatic carbocycles. The Morgan fingerprint density at radius 2 is 1.56 bits per heavy atom. The molecule has 1 heterocycles. The van der Waals surface area contributed by atoms with E-state index in [9.17, 15) is 9.59 Å². The third-order valence-electron chi connectivity index (χ3n) is 4.77. The van der Waals surface area contributed by atoms with Crippen molar-refractivity contribution in [2.75, 3.05) is 0 Å². The summed E-state index contributed by atoms with van der Waals surface area (Å²) in [5.41, 5.74) is 1.37. The summed E-state index contributed by atoms with van der Waals surface area (Å²) in [6.45, 7) is 2.12. The maximum Gasteiger partial charge on any atom is 0.318 e. The Balaban J connectivity index is 1.86. The molecule has 3 nitrogen and oxygen atoms in total. The highest BCUT2D eigenvalue weighted by Gasteiger charge is 2.62. The van der Waals surface area contributed by atoms with Crippen molar-refractivity contribution in [1.82, 2.24) is 0 Å². The van der Waals surface area contributed by atoms with Crippen LogP contribution in [0.2, 0.25) is 0 Å². The molecule has 0 aromatic rings. The molecular formula is C13H12O3. The van der Waals surface area contributed by atoms with Gasteiger partial charge in [0.15, 0.2) is 0 Å². The smallest absolute Gasteiger partial charge is 0.318 e. The fourth-order valence-electron chi connectivity index (χ4n) is 4.14. The standard InChI is InChI=1S/C13H12O3/c1-5-4-8-6-2-3-7(9(5)8)11-10(6)12(14)16-13(11)15/h2-4,6-11H,1H3/t6-,7+,8-,9+,10+,11-/m1/s1. The Labute approximate surface area is 93.2 Å². The third-order valence-corrected chi connectivity index (χ3v) is 4.77. The van der Waals surface area contributed by atoms with E-state index >= 15 is 0 Å². The van der Waals surface area contributed by atoms with Crippen molar-refractivity contribution in [2.24, 2.45) is 35.5 Å². The van der Waals surface area contributed by atoms with Gasteiger partial charge < -0.3 is 4.74 Å². The van der Waals surface area contributed by atoms with Crippen molar-refractivity contribution in [3.8, 4) is 0 Å². The molecule has 1 aliphatic heterocycles. The van der Waals surface area contributed by atoms with Crippen LogP contribution in [-0.2, 0) is 14.3 Å². The quantitative estimate of drug-likeness (QED) is 0.348. The zero-order valence-electron chi connectivity index (χ0n) is 8.92. The molecule has 6 atom stereocenters. The predicted molar refractivity (Wildman–Crippen MR) is 54.9 cm³/mol. The molecule has 0 amide bonds. The fraction of sp³-hybridized carbons (Fsp3) is 0.538. The van der Waals surface area contributed by atoms with E-state index in [4.69, 9.17) is 4.74 Å². The largest absolute Gasteiger partial charge is 0.393 e. The molecule has 2 fully saturated rings. The van der Waals surface area contributed by atoms with Crippen molar-refractivity contribution >= 4 is 11.9 Å². The summed E-state index contributed by atoms with van der Waals surface area (Å²) in [4.78, 5) is 23.4.